The smallest absolute Gasteiger partial charge is 0.318 e. The summed E-state index contributed by atoms with van der Waals surface area (Å²) in [5.41, 5.74) is -0.370. The number of hydrogen-bond acceptors (Lipinski definition) is 3. The van der Waals surface area contributed by atoms with Gasteiger partial charge in [-0.2, -0.15) is 4.31 Å². The number of rotatable bonds is 5. The van der Waals surface area contributed by atoms with Crippen LogP contribution in [-0.2, 0) is 14.8 Å². The van der Waals surface area contributed by atoms with Gasteiger partial charge in [0.15, 0.2) is 0 Å². The lowest BCUT2D eigenvalue weighted by molar-refractivity contribution is -0.137. The highest BCUT2D eigenvalue weighted by Gasteiger charge is 2.28. The molecule has 0 bridgehead atoms. The second kappa shape index (κ2) is 4.94. The standard InChI is InChI=1S/C9H19NO4S/c1-5-10(6-8(11)12)15(13,14)7-9(2,3)4/h5-7H2,1-4H3,(H,11,12). The first-order valence-electron chi connectivity index (χ1n) is 4.78. The number of carboxylic acids is 1. The molecule has 0 aromatic heterocycles. The van der Waals surface area contributed by atoms with Crippen LogP contribution in [0.3, 0.4) is 0 Å². The van der Waals surface area contributed by atoms with Crippen LogP contribution in [0.15, 0.2) is 0 Å². The fraction of sp³-hybridized carbons (Fsp3) is 0.889. The molecule has 6 heteroatoms. The molecule has 0 aliphatic heterocycles. The van der Waals surface area contributed by atoms with E-state index in [0.29, 0.717) is 0 Å². The molecule has 0 saturated heterocycles. The van der Waals surface area contributed by atoms with Crippen LogP contribution >= 0.6 is 0 Å². The third-order valence-corrected chi connectivity index (χ3v) is 4.08. The van der Waals surface area contributed by atoms with Gasteiger partial charge in [-0.25, -0.2) is 8.42 Å². The van der Waals surface area contributed by atoms with E-state index in [4.69, 9.17) is 5.11 Å². The molecule has 0 aromatic carbocycles. The van der Waals surface area contributed by atoms with Crippen LogP contribution in [-0.4, -0.2) is 42.6 Å². The average Bonchev–Trinajstić information content (AvgIpc) is 1.94. The van der Waals surface area contributed by atoms with Gasteiger partial charge in [0.1, 0.15) is 6.54 Å². The van der Waals surface area contributed by atoms with Crippen molar-refractivity contribution < 1.29 is 18.3 Å². The zero-order chi connectivity index (χ0) is 12.3. The summed E-state index contributed by atoms with van der Waals surface area (Å²) in [6.45, 7) is 6.76. The molecule has 90 valence electrons. The molecule has 0 atom stereocenters. The van der Waals surface area contributed by atoms with Gasteiger partial charge in [0.05, 0.1) is 5.75 Å². The number of nitrogens with zero attached hydrogens (tertiary/aromatic N) is 1. The fourth-order valence-electron chi connectivity index (χ4n) is 1.20. The zero-order valence-electron chi connectivity index (χ0n) is 9.65. The Morgan fingerprint density at radius 1 is 1.33 bits per heavy atom. The monoisotopic (exact) mass is 237 g/mol. The van der Waals surface area contributed by atoms with Crippen LogP contribution in [0, 0.1) is 5.41 Å². The van der Waals surface area contributed by atoms with Gasteiger partial charge in [0, 0.05) is 6.54 Å². The Morgan fingerprint density at radius 3 is 2.07 bits per heavy atom. The number of carbonyl (C=O) groups is 1. The van der Waals surface area contributed by atoms with Crippen molar-refractivity contribution in [2.24, 2.45) is 5.41 Å². The second-order valence-electron chi connectivity index (χ2n) is 4.64. The van der Waals surface area contributed by atoms with Crippen LogP contribution in [0.25, 0.3) is 0 Å². The van der Waals surface area contributed by atoms with Crippen LogP contribution < -0.4 is 0 Å². The quantitative estimate of drug-likeness (QED) is 0.766. The first-order chi connectivity index (χ1) is 6.58. The van der Waals surface area contributed by atoms with Crippen LogP contribution in [0.5, 0.6) is 0 Å². The molecule has 0 radical (unpaired) electrons. The predicted octanol–water partition coefficient (Wildman–Crippen LogP) is 0.769. The number of likely N-dealkylation sites (N-methyl/N-ethyl adjacent to an activating group) is 1. The van der Waals surface area contributed by atoms with Crippen molar-refractivity contribution in [3.63, 3.8) is 0 Å². The topological polar surface area (TPSA) is 74.7 Å². The molecular weight excluding hydrogens is 218 g/mol. The molecule has 1 N–H and O–H groups in total. The highest BCUT2D eigenvalue weighted by molar-refractivity contribution is 7.89. The maximum atomic E-state index is 11.8. The van der Waals surface area contributed by atoms with Gasteiger partial charge in [-0.1, -0.05) is 27.7 Å². The minimum atomic E-state index is -3.47. The molecule has 0 aromatic rings. The largest absolute Gasteiger partial charge is 0.480 e. The normalized spacial score (nSPS) is 13.1. The summed E-state index contributed by atoms with van der Waals surface area (Å²) < 4.78 is 24.5. The van der Waals surface area contributed by atoms with Crippen molar-refractivity contribution in [1.82, 2.24) is 4.31 Å². The van der Waals surface area contributed by atoms with Crippen molar-refractivity contribution in [3.05, 3.63) is 0 Å². The van der Waals surface area contributed by atoms with Crippen molar-refractivity contribution in [1.29, 1.82) is 0 Å². The number of carboxylic acid groups (broad SMARTS) is 1. The van der Waals surface area contributed by atoms with Gasteiger partial charge < -0.3 is 5.11 Å². The Morgan fingerprint density at radius 2 is 1.80 bits per heavy atom. The third-order valence-electron chi connectivity index (χ3n) is 1.67. The van der Waals surface area contributed by atoms with Gasteiger partial charge in [-0.05, 0) is 5.41 Å². The van der Waals surface area contributed by atoms with Gasteiger partial charge in [-0.3, -0.25) is 4.79 Å². The highest BCUT2D eigenvalue weighted by atomic mass is 32.2. The molecular formula is C9H19NO4S. The summed E-state index contributed by atoms with van der Waals surface area (Å²) in [5, 5.41) is 8.57. The molecule has 0 saturated carbocycles. The predicted molar refractivity (Wildman–Crippen MR) is 58.1 cm³/mol. The maximum absolute atomic E-state index is 11.8. The fourth-order valence-corrected chi connectivity index (χ4v) is 3.17. The molecule has 5 nitrogen and oxygen atoms in total. The van der Waals surface area contributed by atoms with E-state index in [9.17, 15) is 13.2 Å². The SMILES string of the molecule is CCN(CC(=O)O)S(=O)(=O)CC(C)(C)C. The number of hydrogen-bond donors (Lipinski definition) is 1. The molecule has 0 rings (SSSR count). The van der Waals surface area contributed by atoms with E-state index in [2.05, 4.69) is 0 Å². The molecule has 0 fully saturated rings. The lowest BCUT2D eigenvalue weighted by atomic mass is 10.0. The first kappa shape index (κ1) is 14.4. The first-order valence-corrected chi connectivity index (χ1v) is 6.39. The Hall–Kier alpha value is -0.620. The summed E-state index contributed by atoms with van der Waals surface area (Å²) in [7, 11) is -3.47. The van der Waals surface area contributed by atoms with Crippen molar-refractivity contribution in [2.75, 3.05) is 18.8 Å². The molecule has 0 unspecified atom stereocenters. The molecule has 0 spiro atoms. The van der Waals surface area contributed by atoms with Crippen LogP contribution in [0.2, 0.25) is 0 Å². The zero-order valence-corrected chi connectivity index (χ0v) is 10.5. The van der Waals surface area contributed by atoms with Gasteiger partial charge in [0.2, 0.25) is 10.0 Å². The van der Waals surface area contributed by atoms with E-state index in [1.54, 1.807) is 27.7 Å². The number of sulfonamides is 1. The molecule has 15 heavy (non-hydrogen) atoms. The summed E-state index contributed by atoms with van der Waals surface area (Å²) in [6.07, 6.45) is 0. The lowest BCUT2D eigenvalue weighted by Gasteiger charge is -2.24. The van der Waals surface area contributed by atoms with Gasteiger partial charge in [-0.15, -0.1) is 0 Å². The molecule has 0 amide bonds. The molecule has 0 heterocycles. The minimum absolute atomic E-state index is 0.0406. The van der Waals surface area contributed by atoms with E-state index >= 15 is 0 Å². The van der Waals surface area contributed by atoms with Gasteiger partial charge in [0.25, 0.3) is 0 Å². The van der Waals surface area contributed by atoms with E-state index in [1.807, 2.05) is 0 Å². The lowest BCUT2D eigenvalue weighted by Crippen LogP contribution is -2.39. The van der Waals surface area contributed by atoms with Crippen molar-refractivity contribution in [3.8, 4) is 0 Å². The molecule has 0 aliphatic carbocycles. The third kappa shape index (κ3) is 5.74. The van der Waals surface area contributed by atoms with E-state index in [0.717, 1.165) is 4.31 Å². The minimum Gasteiger partial charge on any atom is -0.480 e. The Kier molecular flexibility index (Phi) is 4.73. The van der Waals surface area contributed by atoms with E-state index in [1.165, 1.54) is 0 Å². The summed E-state index contributed by atoms with van der Waals surface area (Å²) in [6, 6.07) is 0. The molecule has 0 aliphatic rings. The van der Waals surface area contributed by atoms with Crippen molar-refractivity contribution in [2.45, 2.75) is 27.7 Å². The maximum Gasteiger partial charge on any atom is 0.318 e. The van der Waals surface area contributed by atoms with E-state index < -0.39 is 22.5 Å². The van der Waals surface area contributed by atoms with Crippen molar-refractivity contribution >= 4 is 16.0 Å². The van der Waals surface area contributed by atoms with E-state index in [-0.39, 0.29) is 17.7 Å². The second-order valence-corrected chi connectivity index (χ2v) is 6.61. The summed E-state index contributed by atoms with van der Waals surface area (Å²) >= 11 is 0. The highest BCUT2D eigenvalue weighted by Crippen LogP contribution is 2.18. The summed E-state index contributed by atoms with van der Waals surface area (Å²) in [4.78, 5) is 10.5. The van der Waals surface area contributed by atoms with Gasteiger partial charge >= 0.3 is 5.97 Å². The van der Waals surface area contributed by atoms with Crippen LogP contribution in [0.1, 0.15) is 27.7 Å². The Bertz CT molecular complexity index is 315. The summed E-state index contributed by atoms with van der Waals surface area (Å²) in [5.74, 6) is -1.17. The Balaban J connectivity index is 4.75. The average molecular weight is 237 g/mol. The Labute approximate surface area is 91.1 Å². The number of aliphatic carboxylic acids is 1. The van der Waals surface area contributed by atoms with Crippen LogP contribution in [0.4, 0.5) is 0 Å².